The van der Waals surface area contributed by atoms with Gasteiger partial charge in [0.15, 0.2) is 0 Å². The molecular weight excluding hydrogens is 777 g/mol. The van der Waals surface area contributed by atoms with E-state index in [1.165, 1.54) is 88.6 Å². The fraction of sp³-hybridized carbons (Fsp3) is 0.100. The van der Waals surface area contributed by atoms with Crippen LogP contribution < -0.4 is 9.80 Å². The topological polar surface area (TPSA) is 16.3 Å². The summed E-state index contributed by atoms with van der Waals surface area (Å²) in [6.07, 6.45) is 0. The van der Waals surface area contributed by atoms with E-state index in [1.54, 1.807) is 0 Å². The van der Waals surface area contributed by atoms with Crippen molar-refractivity contribution in [3.63, 3.8) is 0 Å². The Labute approximate surface area is 373 Å². The molecule has 64 heavy (non-hydrogen) atoms. The third kappa shape index (κ3) is 5.05. The molecule has 0 radical (unpaired) electrons. The molecule has 2 aliphatic rings. The average Bonchev–Trinajstić information content (AvgIpc) is 3.84. The van der Waals surface area contributed by atoms with E-state index in [0.29, 0.717) is 0 Å². The van der Waals surface area contributed by atoms with Gasteiger partial charge in [-0.3, -0.25) is 0 Å². The number of benzene rings is 9. The van der Waals surface area contributed by atoms with E-state index in [0.717, 1.165) is 22.7 Å². The number of para-hydroxylation sites is 6. The quantitative estimate of drug-likeness (QED) is 0.176. The molecule has 0 atom stereocenters. The predicted octanol–water partition coefficient (Wildman–Crippen LogP) is 16.1. The van der Waals surface area contributed by atoms with Crippen LogP contribution in [0.5, 0.6) is 0 Å². The van der Waals surface area contributed by atoms with Gasteiger partial charge in [-0.2, -0.15) is 0 Å². The maximum Gasteiger partial charge on any atom is 0.0545 e. The van der Waals surface area contributed by atoms with E-state index in [-0.39, 0.29) is 10.8 Å². The largest absolute Gasteiger partial charge is 0.310 e. The van der Waals surface area contributed by atoms with Crippen LogP contribution in [0.4, 0.5) is 34.1 Å². The van der Waals surface area contributed by atoms with Crippen molar-refractivity contribution in [2.45, 2.75) is 38.5 Å². The summed E-state index contributed by atoms with van der Waals surface area (Å²) in [5.41, 5.74) is 18.8. The van der Waals surface area contributed by atoms with Gasteiger partial charge in [0.05, 0.1) is 44.8 Å². The maximum absolute atomic E-state index is 2.54. The molecule has 11 aromatic rings. The monoisotopic (exact) mass is 822 g/mol. The zero-order valence-corrected chi connectivity index (χ0v) is 36.4. The highest BCUT2D eigenvalue weighted by atomic mass is 15.2. The zero-order valence-electron chi connectivity index (χ0n) is 36.4. The maximum atomic E-state index is 2.54. The summed E-state index contributed by atoms with van der Waals surface area (Å²) in [5, 5.41) is 5.00. The molecule has 306 valence electrons. The van der Waals surface area contributed by atoms with Crippen molar-refractivity contribution in [1.82, 2.24) is 9.13 Å². The van der Waals surface area contributed by atoms with Crippen LogP contribution in [0.1, 0.15) is 49.9 Å². The average molecular weight is 823 g/mol. The molecule has 4 heterocycles. The third-order valence-corrected chi connectivity index (χ3v) is 14.4. The van der Waals surface area contributed by atoms with Crippen LogP contribution in [0.2, 0.25) is 0 Å². The van der Waals surface area contributed by atoms with Crippen LogP contribution in [-0.4, -0.2) is 9.13 Å². The minimum atomic E-state index is -0.364. The van der Waals surface area contributed by atoms with Crippen LogP contribution >= 0.6 is 0 Å². The summed E-state index contributed by atoms with van der Waals surface area (Å²) >= 11 is 0. The summed E-state index contributed by atoms with van der Waals surface area (Å²) < 4.78 is 4.89. The van der Waals surface area contributed by atoms with Gasteiger partial charge in [-0.25, -0.2) is 0 Å². The Balaban J connectivity index is 1.11. The highest BCUT2D eigenvalue weighted by molar-refractivity contribution is 6.13. The fourth-order valence-electron chi connectivity index (χ4n) is 11.3. The zero-order chi connectivity index (χ0) is 42.9. The lowest BCUT2D eigenvalue weighted by atomic mass is 9.68. The van der Waals surface area contributed by atoms with Gasteiger partial charge in [-0.05, 0) is 119 Å². The number of hydrogen-bond donors (Lipinski definition) is 0. The molecule has 0 spiro atoms. The SMILES string of the molecule is CC1(C)c2cc3c(cc2N(c2ccccc2)c2cc4c5ccccc5n(-c5ccccc5)c4cc21)C(C)(C)c1cc2c(cc1N3c1ccccc1)c1ccccc1n2-c1ccccc1. The van der Waals surface area contributed by atoms with E-state index in [1.807, 2.05) is 0 Å². The second-order valence-corrected chi connectivity index (χ2v) is 18.6. The van der Waals surface area contributed by atoms with Crippen LogP contribution in [0.25, 0.3) is 55.0 Å². The van der Waals surface area contributed by atoms with Gasteiger partial charge in [0, 0.05) is 55.1 Å². The fourth-order valence-corrected chi connectivity index (χ4v) is 11.3. The highest BCUT2D eigenvalue weighted by Crippen LogP contribution is 2.60. The lowest BCUT2D eigenvalue weighted by Crippen LogP contribution is -2.35. The molecule has 2 aliphatic heterocycles. The Morgan fingerprint density at radius 1 is 0.266 bits per heavy atom. The second-order valence-electron chi connectivity index (χ2n) is 18.6. The Hall–Kier alpha value is -7.82. The van der Waals surface area contributed by atoms with Gasteiger partial charge in [0.25, 0.3) is 0 Å². The van der Waals surface area contributed by atoms with Gasteiger partial charge in [0.2, 0.25) is 0 Å². The van der Waals surface area contributed by atoms with E-state index >= 15 is 0 Å². The van der Waals surface area contributed by atoms with Crippen LogP contribution in [0.3, 0.4) is 0 Å². The van der Waals surface area contributed by atoms with Crippen molar-refractivity contribution in [2.24, 2.45) is 0 Å². The van der Waals surface area contributed by atoms with Gasteiger partial charge < -0.3 is 18.9 Å². The van der Waals surface area contributed by atoms with E-state index in [4.69, 9.17) is 0 Å². The molecule has 0 saturated heterocycles. The van der Waals surface area contributed by atoms with Crippen molar-refractivity contribution in [3.05, 3.63) is 229 Å². The Bertz CT molecular complexity index is 3410. The molecule has 0 fully saturated rings. The first-order chi connectivity index (χ1) is 31.3. The molecule has 13 rings (SSSR count). The molecule has 4 nitrogen and oxygen atoms in total. The lowest BCUT2D eigenvalue weighted by Gasteiger charge is -2.47. The first-order valence-electron chi connectivity index (χ1n) is 22.4. The predicted molar refractivity (Wildman–Crippen MR) is 269 cm³/mol. The first-order valence-corrected chi connectivity index (χ1v) is 22.4. The van der Waals surface area contributed by atoms with E-state index in [9.17, 15) is 0 Å². The molecular formula is C60H46N4. The summed E-state index contributed by atoms with van der Waals surface area (Å²) in [6.45, 7) is 9.71. The molecule has 0 unspecified atom stereocenters. The molecule has 0 aliphatic carbocycles. The smallest absolute Gasteiger partial charge is 0.0545 e. The van der Waals surface area contributed by atoms with Crippen molar-refractivity contribution < 1.29 is 0 Å². The van der Waals surface area contributed by atoms with Gasteiger partial charge in [-0.1, -0.05) is 137 Å². The van der Waals surface area contributed by atoms with Gasteiger partial charge >= 0.3 is 0 Å². The van der Waals surface area contributed by atoms with Gasteiger partial charge in [0.1, 0.15) is 0 Å². The minimum Gasteiger partial charge on any atom is -0.310 e. The highest BCUT2D eigenvalue weighted by Gasteiger charge is 2.44. The summed E-state index contributed by atoms with van der Waals surface area (Å²) in [4.78, 5) is 5.08. The van der Waals surface area contributed by atoms with E-state index in [2.05, 4.69) is 253 Å². The number of fused-ring (bicyclic) bond motifs is 10. The van der Waals surface area contributed by atoms with Crippen molar-refractivity contribution in [1.29, 1.82) is 0 Å². The molecule has 4 heteroatoms. The van der Waals surface area contributed by atoms with Crippen molar-refractivity contribution in [2.75, 3.05) is 9.80 Å². The normalized spacial score (nSPS) is 14.8. The molecule has 0 saturated carbocycles. The van der Waals surface area contributed by atoms with Crippen LogP contribution in [0.15, 0.2) is 206 Å². The van der Waals surface area contributed by atoms with Crippen LogP contribution in [-0.2, 0) is 10.8 Å². The van der Waals surface area contributed by atoms with Crippen molar-refractivity contribution >= 4 is 77.7 Å². The lowest BCUT2D eigenvalue weighted by molar-refractivity contribution is 0.616. The Kier molecular flexibility index (Phi) is 7.67. The third-order valence-electron chi connectivity index (χ3n) is 14.4. The number of rotatable bonds is 4. The van der Waals surface area contributed by atoms with E-state index < -0.39 is 0 Å². The second kappa shape index (κ2) is 13.3. The molecule has 9 aromatic carbocycles. The summed E-state index contributed by atoms with van der Waals surface area (Å²) in [6, 6.07) is 76.3. The minimum absolute atomic E-state index is 0.364. The molecule has 0 bridgehead atoms. The number of hydrogen-bond acceptors (Lipinski definition) is 2. The van der Waals surface area contributed by atoms with Crippen molar-refractivity contribution in [3.8, 4) is 11.4 Å². The Morgan fingerprint density at radius 3 is 0.938 bits per heavy atom. The summed E-state index contributed by atoms with van der Waals surface area (Å²) in [7, 11) is 0. The molecule has 2 aromatic heterocycles. The Morgan fingerprint density at radius 2 is 0.562 bits per heavy atom. The molecule has 0 amide bonds. The number of anilines is 6. The standard InChI is InChI=1S/C60H46N4/c1-59(2)47-35-53-45(43-29-17-19-31-51(43)61(53)39-21-9-5-10-22-39)33-55(47)63(41-25-13-7-14-26-41)57-38-50-58(37-49(57)59)64(42-27-15-8-16-28-42)56-34-46-44-30-18-20-32-52(44)62(40-23-11-6-12-24-40)54(46)36-48(56)60(50,3)4/h5-38H,1-4H3. The molecule has 0 N–H and O–H groups in total. The van der Waals surface area contributed by atoms with Crippen LogP contribution in [0, 0.1) is 0 Å². The summed E-state index contributed by atoms with van der Waals surface area (Å²) in [5.74, 6) is 0. The van der Waals surface area contributed by atoms with Gasteiger partial charge in [-0.15, -0.1) is 0 Å². The number of nitrogens with zero attached hydrogens (tertiary/aromatic N) is 4. The number of aromatic nitrogens is 2. The first kappa shape index (κ1) is 36.8.